The Morgan fingerprint density at radius 2 is 2.12 bits per heavy atom. The molecular weight excluding hydrogens is 338 g/mol. The smallest absolute Gasteiger partial charge is 0.273 e. The summed E-state index contributed by atoms with van der Waals surface area (Å²) >= 11 is 1.58. The van der Waals surface area contributed by atoms with Gasteiger partial charge in [-0.1, -0.05) is 40.7 Å². The second-order valence-electron chi connectivity index (χ2n) is 5.26. The van der Waals surface area contributed by atoms with Gasteiger partial charge in [0.1, 0.15) is 5.69 Å². The second-order valence-corrected chi connectivity index (χ2v) is 6.04. The number of hydrogen-bond acceptors (Lipinski definition) is 6. The molecular formula is C17H13N5O2S. The fraction of sp³-hybridized carbons (Fsp3) is 0.0588. The third kappa shape index (κ3) is 3.33. The van der Waals surface area contributed by atoms with Crippen molar-refractivity contribution in [3.63, 3.8) is 0 Å². The Kier molecular flexibility index (Phi) is 4.09. The van der Waals surface area contributed by atoms with Gasteiger partial charge in [0.15, 0.2) is 11.5 Å². The lowest BCUT2D eigenvalue weighted by Gasteiger charge is -1.98. The first-order valence-corrected chi connectivity index (χ1v) is 8.48. The number of nitrogens with one attached hydrogen (secondary N) is 1. The van der Waals surface area contributed by atoms with Gasteiger partial charge < -0.3 is 9.84 Å². The minimum atomic E-state index is -0.323. The standard InChI is InChI=1S/C17H13N5O2S/c23-17(15-8-16(24-20-15)12-4-2-1-3-5-12)18-9-13-10-22(21-19-13)14-6-7-25-11-14/h1-8,10-11H,9H2,(H,18,23). The number of rotatable bonds is 5. The third-order valence-corrected chi connectivity index (χ3v) is 4.21. The molecule has 0 spiro atoms. The normalized spacial score (nSPS) is 10.7. The highest BCUT2D eigenvalue weighted by molar-refractivity contribution is 7.08. The number of carbonyl (C=O) groups is 1. The number of thiophene rings is 1. The molecule has 0 fully saturated rings. The van der Waals surface area contributed by atoms with E-state index >= 15 is 0 Å². The largest absolute Gasteiger partial charge is 0.355 e. The summed E-state index contributed by atoms with van der Waals surface area (Å²) in [7, 11) is 0. The SMILES string of the molecule is O=C(NCc1cn(-c2ccsc2)nn1)c1cc(-c2ccccc2)on1. The molecule has 0 aliphatic rings. The van der Waals surface area contributed by atoms with E-state index in [1.807, 2.05) is 47.2 Å². The van der Waals surface area contributed by atoms with Gasteiger partial charge in [0.2, 0.25) is 0 Å². The van der Waals surface area contributed by atoms with Gasteiger partial charge >= 0.3 is 0 Å². The van der Waals surface area contributed by atoms with E-state index in [1.165, 1.54) is 0 Å². The summed E-state index contributed by atoms with van der Waals surface area (Å²) in [6.45, 7) is 0.260. The maximum absolute atomic E-state index is 12.2. The van der Waals surface area contributed by atoms with Crippen LogP contribution in [0.2, 0.25) is 0 Å². The van der Waals surface area contributed by atoms with E-state index in [-0.39, 0.29) is 18.1 Å². The Morgan fingerprint density at radius 3 is 2.92 bits per heavy atom. The Bertz CT molecular complexity index is 976. The summed E-state index contributed by atoms with van der Waals surface area (Å²) < 4.78 is 6.90. The molecule has 0 saturated carbocycles. The first-order valence-electron chi connectivity index (χ1n) is 7.54. The lowest BCUT2D eigenvalue weighted by atomic mass is 10.1. The van der Waals surface area contributed by atoms with Crippen LogP contribution < -0.4 is 5.32 Å². The van der Waals surface area contributed by atoms with Crippen molar-refractivity contribution in [2.24, 2.45) is 0 Å². The number of benzene rings is 1. The Balaban J connectivity index is 1.40. The predicted octanol–water partition coefficient (Wildman–Crippen LogP) is 2.91. The van der Waals surface area contributed by atoms with Gasteiger partial charge in [0, 0.05) is 17.0 Å². The van der Waals surface area contributed by atoms with E-state index < -0.39 is 0 Å². The molecule has 0 radical (unpaired) electrons. The summed E-state index contributed by atoms with van der Waals surface area (Å²) in [5.74, 6) is 0.227. The highest BCUT2D eigenvalue weighted by Crippen LogP contribution is 2.19. The van der Waals surface area contributed by atoms with Crippen LogP contribution in [0.15, 0.2) is 63.9 Å². The van der Waals surface area contributed by atoms with Crippen molar-refractivity contribution in [2.75, 3.05) is 0 Å². The van der Waals surface area contributed by atoms with Crippen LogP contribution in [0, 0.1) is 0 Å². The number of amides is 1. The molecule has 0 aliphatic heterocycles. The first-order chi connectivity index (χ1) is 12.3. The monoisotopic (exact) mass is 351 g/mol. The van der Waals surface area contributed by atoms with Crippen LogP contribution in [0.25, 0.3) is 17.0 Å². The van der Waals surface area contributed by atoms with Gasteiger partial charge in [-0.05, 0) is 11.4 Å². The molecule has 124 valence electrons. The third-order valence-electron chi connectivity index (χ3n) is 3.54. The quantitative estimate of drug-likeness (QED) is 0.597. The average Bonchev–Trinajstić information content (AvgIpc) is 3.41. The van der Waals surface area contributed by atoms with Gasteiger partial charge in [-0.25, -0.2) is 4.68 Å². The summed E-state index contributed by atoms with van der Waals surface area (Å²) in [4.78, 5) is 12.2. The molecule has 1 N–H and O–H groups in total. The van der Waals surface area contributed by atoms with Crippen molar-refractivity contribution in [2.45, 2.75) is 6.54 Å². The van der Waals surface area contributed by atoms with E-state index in [0.717, 1.165) is 11.3 Å². The van der Waals surface area contributed by atoms with E-state index in [0.29, 0.717) is 11.5 Å². The minimum Gasteiger partial charge on any atom is -0.355 e. The van der Waals surface area contributed by atoms with Crippen LogP contribution >= 0.6 is 11.3 Å². The molecule has 4 aromatic rings. The summed E-state index contributed by atoms with van der Waals surface area (Å²) in [5, 5.41) is 18.6. The maximum Gasteiger partial charge on any atom is 0.273 e. The summed E-state index contributed by atoms with van der Waals surface area (Å²) in [5.41, 5.74) is 2.70. The van der Waals surface area contributed by atoms with Crippen molar-refractivity contribution in [3.05, 3.63) is 70.8 Å². The number of nitrogens with zero attached hydrogens (tertiary/aromatic N) is 4. The number of hydrogen-bond donors (Lipinski definition) is 1. The number of aromatic nitrogens is 4. The van der Waals surface area contributed by atoms with Crippen molar-refractivity contribution >= 4 is 17.2 Å². The molecule has 25 heavy (non-hydrogen) atoms. The van der Waals surface area contributed by atoms with E-state index in [1.54, 1.807) is 28.3 Å². The summed E-state index contributed by atoms with van der Waals surface area (Å²) in [6, 6.07) is 13.1. The lowest BCUT2D eigenvalue weighted by molar-refractivity contribution is 0.0941. The second kappa shape index (κ2) is 6.70. The topological polar surface area (TPSA) is 85.8 Å². The zero-order chi connectivity index (χ0) is 17.1. The molecule has 0 aliphatic carbocycles. The fourth-order valence-electron chi connectivity index (χ4n) is 2.28. The van der Waals surface area contributed by atoms with Crippen LogP contribution in [0.4, 0.5) is 0 Å². The van der Waals surface area contributed by atoms with Crippen molar-refractivity contribution in [1.29, 1.82) is 0 Å². The van der Waals surface area contributed by atoms with Gasteiger partial charge in [-0.3, -0.25) is 4.79 Å². The van der Waals surface area contributed by atoms with Gasteiger partial charge in [0.25, 0.3) is 5.91 Å². The Morgan fingerprint density at radius 1 is 1.24 bits per heavy atom. The molecule has 4 rings (SSSR count). The molecule has 3 heterocycles. The molecule has 3 aromatic heterocycles. The minimum absolute atomic E-state index is 0.226. The van der Waals surface area contributed by atoms with Crippen LogP contribution in [-0.4, -0.2) is 26.1 Å². The predicted molar refractivity (Wildman–Crippen MR) is 92.3 cm³/mol. The molecule has 0 bridgehead atoms. The molecule has 1 aromatic carbocycles. The first kappa shape index (κ1) is 15.3. The fourth-order valence-corrected chi connectivity index (χ4v) is 2.90. The zero-order valence-electron chi connectivity index (χ0n) is 13.0. The van der Waals surface area contributed by atoms with Crippen LogP contribution in [0.1, 0.15) is 16.2 Å². The molecule has 8 heteroatoms. The highest BCUT2D eigenvalue weighted by Gasteiger charge is 2.14. The maximum atomic E-state index is 12.2. The van der Waals surface area contributed by atoms with Gasteiger partial charge in [0.05, 0.1) is 18.4 Å². The lowest BCUT2D eigenvalue weighted by Crippen LogP contribution is -2.23. The van der Waals surface area contributed by atoms with E-state index in [4.69, 9.17) is 4.52 Å². The van der Waals surface area contributed by atoms with Crippen LogP contribution in [0.3, 0.4) is 0 Å². The van der Waals surface area contributed by atoms with Crippen molar-refractivity contribution in [3.8, 4) is 17.0 Å². The molecule has 7 nitrogen and oxygen atoms in total. The average molecular weight is 351 g/mol. The van der Waals surface area contributed by atoms with E-state index in [9.17, 15) is 4.79 Å². The van der Waals surface area contributed by atoms with Crippen molar-refractivity contribution < 1.29 is 9.32 Å². The van der Waals surface area contributed by atoms with Crippen LogP contribution in [-0.2, 0) is 6.54 Å². The van der Waals surface area contributed by atoms with Crippen LogP contribution in [0.5, 0.6) is 0 Å². The van der Waals surface area contributed by atoms with Crippen molar-refractivity contribution in [1.82, 2.24) is 25.5 Å². The summed E-state index contributed by atoms with van der Waals surface area (Å²) in [6.07, 6.45) is 1.78. The molecule has 0 atom stereocenters. The number of carbonyl (C=O) groups excluding carboxylic acids is 1. The Hall–Kier alpha value is -3.26. The Labute approximate surface area is 146 Å². The molecule has 1 amide bonds. The van der Waals surface area contributed by atoms with Gasteiger partial charge in [-0.15, -0.1) is 5.10 Å². The molecule has 0 unspecified atom stereocenters. The van der Waals surface area contributed by atoms with Gasteiger partial charge in [-0.2, -0.15) is 11.3 Å². The highest BCUT2D eigenvalue weighted by atomic mass is 32.1. The van der Waals surface area contributed by atoms with E-state index in [2.05, 4.69) is 20.8 Å². The zero-order valence-corrected chi connectivity index (χ0v) is 13.8. The molecule has 0 saturated heterocycles.